The number of nitrogens with zero attached hydrogens (tertiary/aromatic N) is 1. The van der Waals surface area contributed by atoms with Gasteiger partial charge in [0.15, 0.2) is 5.15 Å². The second kappa shape index (κ2) is 6.39. The molecule has 1 amide bonds. The fourth-order valence-electron chi connectivity index (χ4n) is 1.91. The highest BCUT2D eigenvalue weighted by molar-refractivity contribution is 6.32. The van der Waals surface area contributed by atoms with Crippen LogP contribution in [0.1, 0.15) is 18.1 Å². The van der Waals surface area contributed by atoms with E-state index in [1.165, 1.54) is 6.92 Å². The summed E-state index contributed by atoms with van der Waals surface area (Å²) in [5.41, 5.74) is 3.63. The predicted octanol–water partition coefficient (Wildman–Crippen LogP) is 3.61. The lowest BCUT2D eigenvalue weighted by Crippen LogP contribution is -2.10. The minimum atomic E-state index is -0.0898. The maximum Gasteiger partial charge on any atom is 0.221 e. The molecule has 0 fully saturated rings. The lowest BCUT2D eigenvalue weighted by Gasteiger charge is -2.13. The van der Waals surface area contributed by atoms with Crippen LogP contribution in [0.4, 0.5) is 11.4 Å². The van der Waals surface area contributed by atoms with E-state index in [2.05, 4.69) is 15.6 Å². The summed E-state index contributed by atoms with van der Waals surface area (Å²) in [6, 6.07) is 9.54. The van der Waals surface area contributed by atoms with Gasteiger partial charge in [-0.25, -0.2) is 4.98 Å². The van der Waals surface area contributed by atoms with Crippen LogP contribution in [0, 0.1) is 6.92 Å². The van der Waals surface area contributed by atoms with Crippen molar-refractivity contribution in [2.24, 2.45) is 0 Å². The van der Waals surface area contributed by atoms with E-state index in [4.69, 9.17) is 11.6 Å². The van der Waals surface area contributed by atoms with Gasteiger partial charge in [0.05, 0.1) is 5.69 Å². The van der Waals surface area contributed by atoms with Crippen LogP contribution in [0.25, 0.3) is 0 Å². The molecule has 0 aliphatic rings. The van der Waals surface area contributed by atoms with Gasteiger partial charge in [-0.05, 0) is 30.2 Å². The molecule has 1 heterocycles. The van der Waals surface area contributed by atoms with Gasteiger partial charge in [0, 0.05) is 25.4 Å². The van der Waals surface area contributed by atoms with Gasteiger partial charge in [0.1, 0.15) is 0 Å². The molecular formula is C15H16ClN3O. The number of carbonyl (C=O) groups excluding carboxylic acids is 1. The number of para-hydroxylation sites is 1. The summed E-state index contributed by atoms with van der Waals surface area (Å²) in [5, 5.41) is 6.52. The average molecular weight is 290 g/mol. The second-order valence-electron chi connectivity index (χ2n) is 4.49. The van der Waals surface area contributed by atoms with Crippen molar-refractivity contribution in [3.05, 3.63) is 52.8 Å². The fourth-order valence-corrected chi connectivity index (χ4v) is 2.18. The number of amides is 1. The monoisotopic (exact) mass is 289 g/mol. The number of anilines is 2. The molecule has 1 aromatic heterocycles. The summed E-state index contributed by atoms with van der Waals surface area (Å²) >= 11 is 6.08. The van der Waals surface area contributed by atoms with E-state index in [1.807, 2.05) is 37.3 Å². The Morgan fingerprint density at radius 1 is 1.30 bits per heavy atom. The molecule has 0 bridgehead atoms. The zero-order valence-electron chi connectivity index (χ0n) is 11.4. The lowest BCUT2D eigenvalue weighted by molar-refractivity contribution is -0.114. The van der Waals surface area contributed by atoms with Crippen molar-refractivity contribution in [3.8, 4) is 0 Å². The maximum atomic E-state index is 11.2. The largest absolute Gasteiger partial charge is 0.378 e. The Morgan fingerprint density at radius 3 is 2.75 bits per heavy atom. The maximum absolute atomic E-state index is 11.2. The third-order valence-corrected chi connectivity index (χ3v) is 3.18. The summed E-state index contributed by atoms with van der Waals surface area (Å²) in [6.45, 7) is 4.02. The van der Waals surface area contributed by atoms with Crippen molar-refractivity contribution in [3.63, 3.8) is 0 Å². The summed E-state index contributed by atoms with van der Waals surface area (Å²) in [7, 11) is 0. The van der Waals surface area contributed by atoms with E-state index < -0.39 is 0 Å². The molecule has 20 heavy (non-hydrogen) atoms. The molecule has 2 rings (SSSR count). The Labute approximate surface area is 123 Å². The van der Waals surface area contributed by atoms with Crippen LogP contribution in [-0.4, -0.2) is 10.9 Å². The minimum absolute atomic E-state index is 0.0898. The Balaban J connectivity index is 2.17. The first-order chi connectivity index (χ1) is 9.58. The number of rotatable bonds is 4. The van der Waals surface area contributed by atoms with Gasteiger partial charge in [-0.3, -0.25) is 4.79 Å². The molecule has 0 aliphatic carbocycles. The fraction of sp³-hybridized carbons (Fsp3) is 0.200. The molecule has 5 heteroatoms. The van der Waals surface area contributed by atoms with E-state index >= 15 is 0 Å². The van der Waals surface area contributed by atoms with Gasteiger partial charge in [-0.1, -0.05) is 29.8 Å². The van der Waals surface area contributed by atoms with Crippen LogP contribution in [-0.2, 0) is 11.3 Å². The molecule has 0 atom stereocenters. The summed E-state index contributed by atoms with van der Waals surface area (Å²) in [4.78, 5) is 15.2. The number of hydrogen-bond donors (Lipinski definition) is 2. The van der Waals surface area contributed by atoms with Gasteiger partial charge in [-0.2, -0.15) is 0 Å². The van der Waals surface area contributed by atoms with Gasteiger partial charge < -0.3 is 10.6 Å². The van der Waals surface area contributed by atoms with Crippen LogP contribution < -0.4 is 10.6 Å². The van der Waals surface area contributed by atoms with Crippen molar-refractivity contribution in [2.75, 3.05) is 10.6 Å². The van der Waals surface area contributed by atoms with E-state index in [0.29, 0.717) is 11.7 Å². The SMILES string of the molecule is CC(=O)Nc1ccccc1CNc1c(C)ccnc1Cl. The van der Waals surface area contributed by atoms with Gasteiger partial charge in [0.25, 0.3) is 0 Å². The molecule has 104 valence electrons. The molecule has 2 N–H and O–H groups in total. The number of aryl methyl sites for hydroxylation is 1. The standard InChI is InChI=1S/C15H16ClN3O/c1-10-7-8-17-15(16)14(10)18-9-12-5-3-4-6-13(12)19-11(2)20/h3-8,18H,9H2,1-2H3,(H,19,20). The topological polar surface area (TPSA) is 54.0 Å². The third kappa shape index (κ3) is 3.48. The third-order valence-electron chi connectivity index (χ3n) is 2.90. The number of carbonyl (C=O) groups is 1. The summed E-state index contributed by atoms with van der Waals surface area (Å²) < 4.78 is 0. The molecule has 0 saturated heterocycles. The van der Waals surface area contributed by atoms with E-state index in [9.17, 15) is 4.79 Å². The smallest absolute Gasteiger partial charge is 0.221 e. The van der Waals surface area contributed by atoms with E-state index in [1.54, 1.807) is 6.20 Å². The quantitative estimate of drug-likeness (QED) is 0.845. The van der Waals surface area contributed by atoms with Crippen LogP contribution in [0.2, 0.25) is 5.15 Å². The highest BCUT2D eigenvalue weighted by Crippen LogP contribution is 2.24. The zero-order valence-corrected chi connectivity index (χ0v) is 12.2. The minimum Gasteiger partial charge on any atom is -0.378 e. The van der Waals surface area contributed by atoms with E-state index in [0.717, 1.165) is 22.5 Å². The normalized spacial score (nSPS) is 10.2. The molecule has 4 nitrogen and oxygen atoms in total. The summed E-state index contributed by atoms with van der Waals surface area (Å²) in [5.74, 6) is -0.0898. The molecule has 0 aliphatic heterocycles. The number of hydrogen-bond acceptors (Lipinski definition) is 3. The Kier molecular flexibility index (Phi) is 4.58. The number of benzene rings is 1. The van der Waals surface area contributed by atoms with Crippen LogP contribution in [0.15, 0.2) is 36.5 Å². The zero-order chi connectivity index (χ0) is 14.5. The molecule has 0 spiro atoms. The number of nitrogens with one attached hydrogen (secondary N) is 2. The molecular weight excluding hydrogens is 274 g/mol. The van der Waals surface area contributed by atoms with Crippen molar-refractivity contribution >= 4 is 28.9 Å². The molecule has 2 aromatic rings. The number of aromatic nitrogens is 1. The average Bonchev–Trinajstić information content (AvgIpc) is 2.39. The van der Waals surface area contributed by atoms with Gasteiger partial charge in [0.2, 0.25) is 5.91 Å². The van der Waals surface area contributed by atoms with Crippen LogP contribution >= 0.6 is 11.6 Å². The Morgan fingerprint density at radius 2 is 2.05 bits per heavy atom. The highest BCUT2D eigenvalue weighted by Gasteiger charge is 2.07. The van der Waals surface area contributed by atoms with Gasteiger partial charge in [-0.15, -0.1) is 0 Å². The molecule has 0 saturated carbocycles. The lowest BCUT2D eigenvalue weighted by atomic mass is 10.1. The summed E-state index contributed by atoms with van der Waals surface area (Å²) in [6.07, 6.45) is 1.67. The Bertz CT molecular complexity index is 608. The molecule has 1 aromatic carbocycles. The van der Waals surface area contributed by atoms with Crippen LogP contribution in [0.3, 0.4) is 0 Å². The van der Waals surface area contributed by atoms with Crippen molar-refractivity contribution < 1.29 is 4.79 Å². The first-order valence-corrected chi connectivity index (χ1v) is 6.66. The van der Waals surface area contributed by atoms with E-state index in [-0.39, 0.29) is 5.91 Å². The van der Waals surface area contributed by atoms with Crippen molar-refractivity contribution in [2.45, 2.75) is 20.4 Å². The van der Waals surface area contributed by atoms with Gasteiger partial charge >= 0.3 is 0 Å². The molecule has 0 radical (unpaired) electrons. The van der Waals surface area contributed by atoms with Crippen molar-refractivity contribution in [1.29, 1.82) is 0 Å². The second-order valence-corrected chi connectivity index (χ2v) is 4.84. The van der Waals surface area contributed by atoms with Crippen LogP contribution in [0.5, 0.6) is 0 Å². The first kappa shape index (κ1) is 14.3. The highest BCUT2D eigenvalue weighted by atomic mass is 35.5. The molecule has 0 unspecified atom stereocenters. The first-order valence-electron chi connectivity index (χ1n) is 6.28. The number of halogens is 1. The number of pyridine rings is 1. The predicted molar refractivity (Wildman–Crippen MR) is 82.1 cm³/mol. The Hall–Kier alpha value is -2.07. The van der Waals surface area contributed by atoms with Crippen molar-refractivity contribution in [1.82, 2.24) is 4.98 Å².